The SMILES string of the molecule is CS(=O)(=O)c1ccc(C#N)cc1C(=O)Nc1ccc(C#N)c(Cl)c1. The summed E-state index contributed by atoms with van der Waals surface area (Å²) in [6.07, 6.45) is 0.976. The number of carbonyl (C=O) groups is 1. The van der Waals surface area contributed by atoms with Gasteiger partial charge in [-0.3, -0.25) is 4.79 Å². The number of anilines is 1. The van der Waals surface area contributed by atoms with Gasteiger partial charge in [0.1, 0.15) is 6.07 Å². The molecule has 8 heteroatoms. The summed E-state index contributed by atoms with van der Waals surface area (Å²) in [5.41, 5.74) is 0.561. The lowest BCUT2D eigenvalue weighted by Crippen LogP contribution is -2.16. The predicted molar refractivity (Wildman–Crippen MR) is 88.4 cm³/mol. The summed E-state index contributed by atoms with van der Waals surface area (Å²) >= 11 is 5.90. The summed E-state index contributed by atoms with van der Waals surface area (Å²) < 4.78 is 23.7. The van der Waals surface area contributed by atoms with Crippen LogP contribution in [0.25, 0.3) is 0 Å². The predicted octanol–water partition coefficient (Wildman–Crippen LogP) is 2.74. The van der Waals surface area contributed by atoms with E-state index in [-0.39, 0.29) is 26.6 Å². The van der Waals surface area contributed by atoms with Gasteiger partial charge in [0.2, 0.25) is 0 Å². The number of benzene rings is 2. The second kappa shape index (κ2) is 6.71. The van der Waals surface area contributed by atoms with Crippen molar-refractivity contribution in [2.75, 3.05) is 11.6 Å². The lowest BCUT2D eigenvalue weighted by atomic mass is 10.1. The number of hydrogen-bond donors (Lipinski definition) is 1. The Labute approximate surface area is 143 Å². The Kier molecular flexibility index (Phi) is 4.89. The van der Waals surface area contributed by atoms with Crippen molar-refractivity contribution in [1.29, 1.82) is 10.5 Å². The van der Waals surface area contributed by atoms with E-state index in [0.29, 0.717) is 5.69 Å². The van der Waals surface area contributed by atoms with Crippen molar-refractivity contribution in [2.24, 2.45) is 0 Å². The molecule has 0 saturated heterocycles. The molecule has 24 heavy (non-hydrogen) atoms. The minimum absolute atomic E-state index is 0.142. The first-order valence-corrected chi connectivity index (χ1v) is 8.78. The van der Waals surface area contributed by atoms with Crippen LogP contribution in [0, 0.1) is 22.7 Å². The van der Waals surface area contributed by atoms with Crippen LogP contribution in [-0.4, -0.2) is 20.6 Å². The van der Waals surface area contributed by atoms with Crippen LogP contribution < -0.4 is 5.32 Å². The highest BCUT2D eigenvalue weighted by atomic mass is 35.5. The lowest BCUT2D eigenvalue weighted by molar-refractivity contribution is 0.102. The van der Waals surface area contributed by atoms with Gasteiger partial charge >= 0.3 is 0 Å². The van der Waals surface area contributed by atoms with Gasteiger partial charge in [-0.15, -0.1) is 0 Å². The zero-order valence-corrected chi connectivity index (χ0v) is 13.9. The largest absolute Gasteiger partial charge is 0.322 e. The summed E-state index contributed by atoms with van der Waals surface area (Å²) in [5.74, 6) is -0.701. The van der Waals surface area contributed by atoms with Gasteiger partial charge in [-0.25, -0.2) is 8.42 Å². The Balaban J connectivity index is 2.45. The molecule has 2 aromatic carbocycles. The Morgan fingerprint density at radius 3 is 2.38 bits per heavy atom. The fourth-order valence-electron chi connectivity index (χ4n) is 1.98. The molecule has 1 amide bonds. The highest BCUT2D eigenvalue weighted by Gasteiger charge is 2.20. The second-order valence-corrected chi connectivity index (χ2v) is 7.25. The van der Waals surface area contributed by atoms with Crippen molar-refractivity contribution >= 4 is 33.0 Å². The Morgan fingerprint density at radius 1 is 1.12 bits per heavy atom. The molecule has 0 aromatic heterocycles. The highest BCUT2D eigenvalue weighted by molar-refractivity contribution is 7.90. The van der Waals surface area contributed by atoms with Gasteiger partial charge in [0.25, 0.3) is 5.91 Å². The molecular weight excluding hydrogens is 350 g/mol. The molecule has 1 N–H and O–H groups in total. The molecule has 0 fully saturated rings. The topological polar surface area (TPSA) is 111 Å². The van der Waals surface area contributed by atoms with Crippen molar-refractivity contribution in [2.45, 2.75) is 4.90 Å². The number of nitriles is 2. The van der Waals surface area contributed by atoms with Crippen LogP contribution in [0.5, 0.6) is 0 Å². The van der Waals surface area contributed by atoms with Crippen LogP contribution in [0.4, 0.5) is 5.69 Å². The zero-order chi connectivity index (χ0) is 17.9. The van der Waals surface area contributed by atoms with E-state index < -0.39 is 15.7 Å². The minimum Gasteiger partial charge on any atom is -0.322 e. The standard InChI is InChI=1S/C16H10ClN3O3S/c1-24(22,23)15-5-2-10(8-18)6-13(15)16(21)20-12-4-3-11(9-19)14(17)7-12/h2-7H,1H3,(H,20,21). The Bertz CT molecular complexity index is 1020. The quantitative estimate of drug-likeness (QED) is 0.905. The molecular formula is C16H10ClN3O3S. The molecule has 0 aliphatic rings. The Morgan fingerprint density at radius 2 is 1.83 bits per heavy atom. The third-order valence-electron chi connectivity index (χ3n) is 3.10. The van der Waals surface area contributed by atoms with Crippen LogP contribution in [0.15, 0.2) is 41.3 Å². The zero-order valence-electron chi connectivity index (χ0n) is 12.4. The van der Waals surface area contributed by atoms with E-state index in [2.05, 4.69) is 5.32 Å². The van der Waals surface area contributed by atoms with Crippen LogP contribution in [0.2, 0.25) is 5.02 Å². The number of sulfone groups is 1. The van der Waals surface area contributed by atoms with E-state index in [4.69, 9.17) is 22.1 Å². The van der Waals surface area contributed by atoms with Gasteiger partial charge in [0, 0.05) is 11.9 Å². The molecule has 0 atom stereocenters. The summed E-state index contributed by atoms with van der Waals surface area (Å²) in [7, 11) is -3.65. The van der Waals surface area contributed by atoms with Gasteiger partial charge in [0.15, 0.2) is 9.84 Å². The molecule has 0 aliphatic carbocycles. The maximum Gasteiger partial charge on any atom is 0.257 e. The van der Waals surface area contributed by atoms with E-state index in [1.54, 1.807) is 0 Å². The van der Waals surface area contributed by atoms with Gasteiger partial charge in [-0.1, -0.05) is 11.6 Å². The number of rotatable bonds is 3. The third kappa shape index (κ3) is 3.72. The van der Waals surface area contributed by atoms with Crippen LogP contribution in [0.3, 0.4) is 0 Å². The Hall–Kier alpha value is -2.87. The molecule has 0 unspecified atom stereocenters. The van der Waals surface area contributed by atoms with Gasteiger partial charge < -0.3 is 5.32 Å². The highest BCUT2D eigenvalue weighted by Crippen LogP contribution is 2.23. The van der Waals surface area contributed by atoms with Gasteiger partial charge in [-0.05, 0) is 36.4 Å². The summed E-state index contributed by atoms with van der Waals surface area (Å²) in [6.45, 7) is 0. The van der Waals surface area contributed by atoms with E-state index in [0.717, 1.165) is 6.26 Å². The monoisotopic (exact) mass is 359 g/mol. The summed E-state index contributed by atoms with van der Waals surface area (Å²) in [4.78, 5) is 12.2. The number of hydrogen-bond acceptors (Lipinski definition) is 5. The van der Waals surface area contributed by atoms with Crippen molar-refractivity contribution < 1.29 is 13.2 Å². The number of carbonyl (C=O) groups excluding carboxylic acids is 1. The molecule has 0 aliphatic heterocycles. The van der Waals surface area contributed by atoms with E-state index in [1.165, 1.54) is 36.4 Å². The molecule has 120 valence electrons. The van der Waals surface area contributed by atoms with Gasteiger partial charge in [0.05, 0.1) is 32.7 Å². The maximum atomic E-state index is 12.4. The smallest absolute Gasteiger partial charge is 0.257 e. The molecule has 2 aromatic rings. The van der Waals surface area contributed by atoms with Crippen molar-refractivity contribution in [1.82, 2.24) is 0 Å². The fourth-order valence-corrected chi connectivity index (χ4v) is 3.07. The molecule has 0 bridgehead atoms. The maximum absolute atomic E-state index is 12.4. The first kappa shape index (κ1) is 17.5. The van der Waals surface area contributed by atoms with Crippen molar-refractivity contribution in [3.05, 3.63) is 58.1 Å². The number of halogens is 1. The number of nitrogens with one attached hydrogen (secondary N) is 1. The fraction of sp³-hybridized carbons (Fsp3) is 0.0625. The molecule has 6 nitrogen and oxygen atoms in total. The molecule has 0 saturated carbocycles. The summed E-state index contributed by atoms with van der Waals surface area (Å²) in [6, 6.07) is 11.8. The molecule has 0 radical (unpaired) electrons. The second-order valence-electron chi connectivity index (χ2n) is 4.86. The number of amides is 1. The average molecular weight is 360 g/mol. The summed E-state index contributed by atoms with van der Waals surface area (Å²) in [5, 5.41) is 20.4. The van der Waals surface area contributed by atoms with Crippen LogP contribution in [-0.2, 0) is 9.84 Å². The number of nitrogens with zero attached hydrogens (tertiary/aromatic N) is 2. The van der Waals surface area contributed by atoms with Crippen molar-refractivity contribution in [3.63, 3.8) is 0 Å². The molecule has 0 spiro atoms. The van der Waals surface area contributed by atoms with E-state index in [1.807, 2.05) is 12.1 Å². The first-order valence-electron chi connectivity index (χ1n) is 6.51. The minimum atomic E-state index is -3.65. The van der Waals surface area contributed by atoms with E-state index >= 15 is 0 Å². The first-order chi connectivity index (χ1) is 11.3. The van der Waals surface area contributed by atoms with Crippen LogP contribution in [0.1, 0.15) is 21.5 Å². The molecule has 2 rings (SSSR count). The van der Waals surface area contributed by atoms with Gasteiger partial charge in [-0.2, -0.15) is 10.5 Å². The van der Waals surface area contributed by atoms with Crippen LogP contribution >= 0.6 is 11.6 Å². The van der Waals surface area contributed by atoms with E-state index in [9.17, 15) is 13.2 Å². The molecule has 0 heterocycles. The normalized spacial score (nSPS) is 10.5. The van der Waals surface area contributed by atoms with Crippen molar-refractivity contribution in [3.8, 4) is 12.1 Å². The lowest BCUT2D eigenvalue weighted by Gasteiger charge is -2.10. The average Bonchev–Trinajstić information content (AvgIpc) is 2.53. The third-order valence-corrected chi connectivity index (χ3v) is 4.57.